The molecule has 1 unspecified atom stereocenters. The quantitative estimate of drug-likeness (QED) is 0.676. The molecule has 0 aromatic heterocycles. The van der Waals surface area contributed by atoms with Crippen molar-refractivity contribution in [3.8, 4) is 0 Å². The number of imide groups is 1. The van der Waals surface area contributed by atoms with Crippen LogP contribution in [0.4, 0.5) is 4.79 Å². The Balaban J connectivity index is 2.16. The smallest absolute Gasteiger partial charge is 0.301 e. The summed E-state index contributed by atoms with van der Waals surface area (Å²) < 4.78 is 1.92. The Hall–Kier alpha value is -1.96. The van der Waals surface area contributed by atoms with E-state index in [9.17, 15) is 9.59 Å². The number of amides is 3. The number of amidine groups is 1. The van der Waals surface area contributed by atoms with Crippen molar-refractivity contribution in [2.24, 2.45) is 4.99 Å². The first-order chi connectivity index (χ1) is 11.0. The molecule has 128 valence electrons. The number of carbonyl (C=O) groups is 2. The first-order valence-electron chi connectivity index (χ1n) is 8.19. The average Bonchev–Trinajstić information content (AvgIpc) is 2.93. The van der Waals surface area contributed by atoms with Crippen LogP contribution in [0, 0.1) is 0 Å². The van der Waals surface area contributed by atoms with Crippen molar-refractivity contribution in [1.82, 2.24) is 20.0 Å². The lowest BCUT2D eigenvalue weighted by Gasteiger charge is -2.31. The maximum absolute atomic E-state index is 12.5. The van der Waals surface area contributed by atoms with Crippen LogP contribution in [0.15, 0.2) is 4.99 Å². The van der Waals surface area contributed by atoms with Crippen LogP contribution in [0.1, 0.15) is 20.8 Å². The molecule has 1 N–H and O–H groups in total. The summed E-state index contributed by atoms with van der Waals surface area (Å²) in [6.07, 6.45) is 0. The van der Waals surface area contributed by atoms with Crippen LogP contribution in [0.3, 0.4) is 0 Å². The van der Waals surface area contributed by atoms with E-state index in [-0.39, 0.29) is 11.9 Å². The lowest BCUT2D eigenvalue weighted by Crippen LogP contribution is -2.61. The van der Waals surface area contributed by atoms with Gasteiger partial charge in [0.25, 0.3) is 5.91 Å². The van der Waals surface area contributed by atoms with E-state index in [0.717, 1.165) is 31.1 Å². The molecule has 2 rings (SSSR count). The Kier molecular flexibility index (Phi) is 5.35. The van der Waals surface area contributed by atoms with Crippen LogP contribution < -0.4 is 5.32 Å². The molecular formula is C15H27N6O2+. The molecule has 0 bridgehead atoms. The second-order valence-electron chi connectivity index (χ2n) is 5.67. The van der Waals surface area contributed by atoms with Gasteiger partial charge in [-0.25, -0.2) is 9.37 Å². The number of nitrogens with one attached hydrogen (secondary N) is 1. The summed E-state index contributed by atoms with van der Waals surface area (Å²) in [6, 6.07) is -0.853. The van der Waals surface area contributed by atoms with Gasteiger partial charge in [-0.15, -0.1) is 0 Å². The van der Waals surface area contributed by atoms with Gasteiger partial charge >= 0.3 is 12.0 Å². The molecule has 1 atom stereocenters. The zero-order valence-electron chi connectivity index (χ0n) is 14.7. The fraction of sp³-hybridized carbons (Fsp3) is 0.733. The molecule has 3 amide bonds. The number of aliphatic imine (C=N–C) groups is 1. The molecule has 0 aliphatic carbocycles. The van der Waals surface area contributed by atoms with Crippen molar-refractivity contribution >= 4 is 23.7 Å². The molecule has 2 aliphatic heterocycles. The van der Waals surface area contributed by atoms with Gasteiger partial charge in [-0.2, -0.15) is 0 Å². The van der Waals surface area contributed by atoms with E-state index >= 15 is 0 Å². The van der Waals surface area contributed by atoms with Crippen LogP contribution in [-0.4, -0.2) is 95.9 Å². The van der Waals surface area contributed by atoms with Gasteiger partial charge in [0.2, 0.25) is 11.9 Å². The minimum atomic E-state index is -0.511. The molecule has 8 heteroatoms. The summed E-state index contributed by atoms with van der Waals surface area (Å²) in [6.45, 7) is 10.6. The molecule has 0 aromatic carbocycles. The Labute approximate surface area is 137 Å². The Morgan fingerprint density at radius 3 is 2.39 bits per heavy atom. The molecule has 2 heterocycles. The molecule has 23 heavy (non-hydrogen) atoms. The van der Waals surface area contributed by atoms with Crippen LogP contribution in [-0.2, 0) is 4.79 Å². The van der Waals surface area contributed by atoms with Gasteiger partial charge in [-0.05, 0) is 20.0 Å². The van der Waals surface area contributed by atoms with Gasteiger partial charge in [0.05, 0.1) is 13.1 Å². The topological polar surface area (TPSA) is 71.3 Å². The van der Waals surface area contributed by atoms with Crippen molar-refractivity contribution in [2.45, 2.75) is 26.8 Å². The van der Waals surface area contributed by atoms with Crippen molar-refractivity contribution < 1.29 is 14.2 Å². The second kappa shape index (κ2) is 7.08. The monoisotopic (exact) mass is 323 g/mol. The van der Waals surface area contributed by atoms with E-state index in [4.69, 9.17) is 0 Å². The predicted molar refractivity (Wildman–Crippen MR) is 88.8 cm³/mol. The van der Waals surface area contributed by atoms with Crippen molar-refractivity contribution in [3.05, 3.63) is 0 Å². The number of rotatable bonds is 6. The van der Waals surface area contributed by atoms with E-state index in [0.29, 0.717) is 18.3 Å². The maximum Gasteiger partial charge on any atom is 0.390 e. The molecule has 0 radical (unpaired) electrons. The van der Waals surface area contributed by atoms with E-state index in [1.807, 2.05) is 11.5 Å². The third-order valence-electron chi connectivity index (χ3n) is 4.48. The molecule has 0 aromatic rings. The van der Waals surface area contributed by atoms with E-state index < -0.39 is 6.04 Å². The fourth-order valence-electron chi connectivity index (χ4n) is 2.94. The summed E-state index contributed by atoms with van der Waals surface area (Å²) in [5, 5.41) is 3.31. The van der Waals surface area contributed by atoms with Crippen LogP contribution in [0.2, 0.25) is 0 Å². The molecule has 8 nitrogen and oxygen atoms in total. The molecule has 1 fully saturated rings. The lowest BCUT2D eigenvalue weighted by molar-refractivity contribution is -0.533. The number of carbonyl (C=O) groups excluding carboxylic acids is 2. The third-order valence-corrected chi connectivity index (χ3v) is 4.48. The normalized spacial score (nSPS) is 21.3. The third kappa shape index (κ3) is 3.08. The highest BCUT2D eigenvalue weighted by Gasteiger charge is 2.50. The number of urea groups is 1. The van der Waals surface area contributed by atoms with E-state index in [1.54, 1.807) is 7.05 Å². The van der Waals surface area contributed by atoms with Crippen LogP contribution in [0.25, 0.3) is 0 Å². The standard InChI is InChI=1S/C15H26N6O2/c1-6-20(7-2)10-9-16-14-17-12-11(21(14)8-3)13(22)19(5)15(23)18(12)4/h11H,6-10H2,1-5H3/p+1. The Bertz CT molecular complexity index is 552. The summed E-state index contributed by atoms with van der Waals surface area (Å²) in [5.74, 6) is 0.947. The number of nitrogens with zero attached hydrogens (tertiary/aromatic N) is 5. The fourth-order valence-corrected chi connectivity index (χ4v) is 2.94. The highest BCUT2D eigenvalue weighted by Crippen LogP contribution is 2.17. The number of fused-ring (bicyclic) bond motifs is 1. The summed E-state index contributed by atoms with van der Waals surface area (Å²) in [7, 11) is 3.17. The maximum atomic E-state index is 12.5. The van der Waals surface area contributed by atoms with Gasteiger partial charge in [0.15, 0.2) is 0 Å². The number of guanidine groups is 1. The first kappa shape index (κ1) is 17.4. The van der Waals surface area contributed by atoms with Gasteiger partial charge in [0, 0.05) is 20.6 Å². The van der Waals surface area contributed by atoms with Crippen molar-refractivity contribution in [1.29, 1.82) is 0 Å². The molecule has 1 saturated heterocycles. The van der Waals surface area contributed by atoms with Crippen LogP contribution in [0.5, 0.6) is 0 Å². The molecule has 2 aliphatic rings. The average molecular weight is 323 g/mol. The van der Waals surface area contributed by atoms with Gasteiger partial charge < -0.3 is 4.90 Å². The highest BCUT2D eigenvalue weighted by molar-refractivity contribution is 6.22. The van der Waals surface area contributed by atoms with Crippen LogP contribution >= 0.6 is 0 Å². The first-order valence-corrected chi connectivity index (χ1v) is 8.19. The molecule has 0 saturated carbocycles. The Morgan fingerprint density at radius 2 is 1.83 bits per heavy atom. The summed E-state index contributed by atoms with van der Waals surface area (Å²) in [5.41, 5.74) is 0. The number of hydrogen-bond donors (Lipinski definition) is 1. The minimum absolute atomic E-state index is 0.228. The van der Waals surface area contributed by atoms with E-state index in [2.05, 4.69) is 29.1 Å². The predicted octanol–water partition coefficient (Wildman–Crippen LogP) is -0.389. The summed E-state index contributed by atoms with van der Waals surface area (Å²) in [4.78, 5) is 34.0. The van der Waals surface area contributed by atoms with Gasteiger partial charge in [-0.1, -0.05) is 18.8 Å². The van der Waals surface area contributed by atoms with E-state index in [1.165, 1.54) is 11.9 Å². The second-order valence-corrected chi connectivity index (χ2v) is 5.67. The highest BCUT2D eigenvalue weighted by atomic mass is 16.2. The number of likely N-dealkylation sites (N-methyl/N-ethyl adjacent to an activating group) is 4. The SMILES string of the molecule is CCN(CC)CCNC1=[N+](CC)C2C(=O)N(C)C(=O)N(C)C2=N1. The Morgan fingerprint density at radius 1 is 1.17 bits per heavy atom. The molecular weight excluding hydrogens is 296 g/mol. The largest absolute Gasteiger partial charge is 0.390 e. The lowest BCUT2D eigenvalue weighted by atomic mass is 10.1. The number of hydrogen-bond acceptors (Lipinski definition) is 5. The zero-order valence-corrected chi connectivity index (χ0v) is 14.7. The summed E-state index contributed by atoms with van der Waals surface area (Å²) >= 11 is 0. The minimum Gasteiger partial charge on any atom is -0.301 e. The van der Waals surface area contributed by atoms with Crippen molar-refractivity contribution in [3.63, 3.8) is 0 Å². The van der Waals surface area contributed by atoms with Gasteiger partial charge in [-0.3, -0.25) is 19.9 Å². The molecule has 0 spiro atoms. The van der Waals surface area contributed by atoms with Gasteiger partial charge in [0.1, 0.15) is 0 Å². The van der Waals surface area contributed by atoms with Crippen molar-refractivity contribution in [2.75, 3.05) is 46.8 Å². The zero-order chi connectivity index (χ0) is 17.1.